The zero-order chi connectivity index (χ0) is 20.3. The van der Waals surface area contributed by atoms with Gasteiger partial charge in [0.05, 0.1) is 0 Å². The van der Waals surface area contributed by atoms with E-state index in [0.29, 0.717) is 24.2 Å². The summed E-state index contributed by atoms with van der Waals surface area (Å²) in [4.78, 5) is 41.4. The fourth-order valence-corrected chi connectivity index (χ4v) is 3.73. The minimum atomic E-state index is -0.601. The SMILES string of the molecule is CC(C)(C)OC(=O)Nc1cccc(C(=O)N2CCC[C@H]2C(=O)N2CCCC2)c1. The van der Waals surface area contributed by atoms with Crippen molar-refractivity contribution in [2.24, 2.45) is 0 Å². The first-order valence-corrected chi connectivity index (χ1v) is 9.94. The Morgan fingerprint density at radius 2 is 1.79 bits per heavy atom. The first kappa shape index (κ1) is 20.2. The van der Waals surface area contributed by atoms with E-state index in [2.05, 4.69) is 5.32 Å². The summed E-state index contributed by atoms with van der Waals surface area (Å²) in [6.07, 6.45) is 3.03. The molecule has 7 heteroatoms. The molecule has 2 saturated heterocycles. The molecule has 2 heterocycles. The van der Waals surface area contributed by atoms with Gasteiger partial charge in [0.1, 0.15) is 11.6 Å². The molecule has 1 aromatic carbocycles. The van der Waals surface area contributed by atoms with Crippen LogP contribution in [0.5, 0.6) is 0 Å². The third-order valence-electron chi connectivity index (χ3n) is 4.97. The fourth-order valence-electron chi connectivity index (χ4n) is 3.73. The first-order chi connectivity index (χ1) is 13.2. The number of carbonyl (C=O) groups is 3. The van der Waals surface area contributed by atoms with Gasteiger partial charge in [0, 0.05) is 30.9 Å². The summed E-state index contributed by atoms with van der Waals surface area (Å²) in [5.41, 5.74) is 0.340. The van der Waals surface area contributed by atoms with Gasteiger partial charge in [0.25, 0.3) is 5.91 Å². The third kappa shape index (κ3) is 4.82. The predicted octanol–water partition coefficient (Wildman–Crippen LogP) is 3.26. The Bertz CT molecular complexity index is 750. The van der Waals surface area contributed by atoms with Crippen molar-refractivity contribution in [3.05, 3.63) is 29.8 Å². The summed E-state index contributed by atoms with van der Waals surface area (Å²) in [6, 6.07) is 6.37. The Hall–Kier alpha value is -2.57. The zero-order valence-electron chi connectivity index (χ0n) is 16.9. The van der Waals surface area contributed by atoms with E-state index in [1.165, 1.54) is 0 Å². The Morgan fingerprint density at radius 3 is 2.46 bits per heavy atom. The molecule has 28 heavy (non-hydrogen) atoms. The molecule has 2 aliphatic rings. The molecule has 0 aliphatic carbocycles. The van der Waals surface area contributed by atoms with Crippen LogP contribution < -0.4 is 5.32 Å². The smallest absolute Gasteiger partial charge is 0.412 e. The number of rotatable bonds is 3. The molecule has 0 aromatic heterocycles. The maximum atomic E-state index is 13.1. The highest BCUT2D eigenvalue weighted by atomic mass is 16.6. The van der Waals surface area contributed by atoms with Crippen LogP contribution in [0.25, 0.3) is 0 Å². The number of nitrogens with zero attached hydrogens (tertiary/aromatic N) is 2. The van der Waals surface area contributed by atoms with Gasteiger partial charge in [-0.05, 0) is 64.7 Å². The third-order valence-corrected chi connectivity index (χ3v) is 4.97. The molecule has 0 saturated carbocycles. The van der Waals surface area contributed by atoms with Crippen molar-refractivity contribution < 1.29 is 19.1 Å². The Balaban J connectivity index is 1.69. The molecule has 0 unspecified atom stereocenters. The number of likely N-dealkylation sites (tertiary alicyclic amines) is 2. The molecular weight excluding hydrogens is 358 g/mol. The van der Waals surface area contributed by atoms with E-state index in [0.717, 1.165) is 32.4 Å². The van der Waals surface area contributed by atoms with E-state index in [1.807, 2.05) is 4.90 Å². The molecular formula is C21H29N3O4. The van der Waals surface area contributed by atoms with E-state index >= 15 is 0 Å². The van der Waals surface area contributed by atoms with E-state index in [-0.39, 0.29) is 17.9 Å². The Kier molecular flexibility index (Phi) is 5.91. The number of hydrogen-bond acceptors (Lipinski definition) is 4. The molecule has 152 valence electrons. The number of nitrogens with one attached hydrogen (secondary N) is 1. The molecule has 0 radical (unpaired) electrons. The highest BCUT2D eigenvalue weighted by Crippen LogP contribution is 2.24. The lowest BCUT2D eigenvalue weighted by molar-refractivity contribution is -0.134. The van der Waals surface area contributed by atoms with Crippen molar-refractivity contribution in [2.75, 3.05) is 25.0 Å². The van der Waals surface area contributed by atoms with Crippen LogP contribution in [0.2, 0.25) is 0 Å². The van der Waals surface area contributed by atoms with Crippen molar-refractivity contribution in [3.8, 4) is 0 Å². The lowest BCUT2D eigenvalue weighted by Crippen LogP contribution is -2.46. The van der Waals surface area contributed by atoms with Gasteiger partial charge in [0.15, 0.2) is 0 Å². The molecule has 2 aliphatic heterocycles. The second kappa shape index (κ2) is 8.20. The summed E-state index contributed by atoms with van der Waals surface area (Å²) in [6.45, 7) is 7.51. The maximum absolute atomic E-state index is 13.1. The van der Waals surface area contributed by atoms with Gasteiger partial charge >= 0.3 is 6.09 Å². The van der Waals surface area contributed by atoms with Crippen molar-refractivity contribution in [1.82, 2.24) is 9.80 Å². The summed E-state index contributed by atoms with van der Waals surface area (Å²) in [7, 11) is 0. The van der Waals surface area contributed by atoms with Gasteiger partial charge in [-0.25, -0.2) is 4.79 Å². The van der Waals surface area contributed by atoms with Crippen LogP contribution >= 0.6 is 0 Å². The minimum Gasteiger partial charge on any atom is -0.444 e. The number of amides is 3. The maximum Gasteiger partial charge on any atom is 0.412 e. The van der Waals surface area contributed by atoms with E-state index in [1.54, 1.807) is 49.9 Å². The number of anilines is 1. The largest absolute Gasteiger partial charge is 0.444 e. The molecule has 2 fully saturated rings. The lowest BCUT2D eigenvalue weighted by Gasteiger charge is -2.28. The van der Waals surface area contributed by atoms with Crippen molar-refractivity contribution in [1.29, 1.82) is 0 Å². The van der Waals surface area contributed by atoms with Crippen LogP contribution in [0, 0.1) is 0 Å². The average Bonchev–Trinajstić information content (AvgIpc) is 3.31. The predicted molar refractivity (Wildman–Crippen MR) is 106 cm³/mol. The van der Waals surface area contributed by atoms with Crippen molar-refractivity contribution in [3.63, 3.8) is 0 Å². The minimum absolute atomic E-state index is 0.0615. The van der Waals surface area contributed by atoms with Gasteiger partial charge in [-0.2, -0.15) is 0 Å². The summed E-state index contributed by atoms with van der Waals surface area (Å²) in [5.74, 6) is -0.116. The summed E-state index contributed by atoms with van der Waals surface area (Å²) in [5, 5.41) is 2.66. The van der Waals surface area contributed by atoms with Crippen LogP contribution in [0.1, 0.15) is 56.8 Å². The average molecular weight is 387 g/mol. The molecule has 1 aromatic rings. The molecule has 7 nitrogen and oxygen atoms in total. The summed E-state index contributed by atoms with van der Waals surface area (Å²) >= 11 is 0. The second-order valence-corrected chi connectivity index (χ2v) is 8.40. The summed E-state index contributed by atoms with van der Waals surface area (Å²) < 4.78 is 5.25. The first-order valence-electron chi connectivity index (χ1n) is 9.94. The van der Waals surface area contributed by atoms with E-state index in [4.69, 9.17) is 4.74 Å². The number of carbonyl (C=O) groups excluding carboxylic acids is 3. The number of ether oxygens (including phenoxy) is 1. The standard InChI is InChI=1S/C21H29N3O4/c1-21(2,3)28-20(27)22-16-9-6-8-15(14-16)18(25)24-13-7-10-17(24)19(26)23-11-4-5-12-23/h6,8-9,14,17H,4-5,7,10-13H2,1-3H3,(H,22,27)/t17-/m0/s1. The topological polar surface area (TPSA) is 79.0 Å². The monoisotopic (exact) mass is 387 g/mol. The van der Waals surface area contributed by atoms with Crippen molar-refractivity contribution in [2.45, 2.75) is 58.1 Å². The van der Waals surface area contributed by atoms with Crippen LogP contribution in [0.3, 0.4) is 0 Å². The van der Waals surface area contributed by atoms with Gasteiger partial charge in [-0.15, -0.1) is 0 Å². The molecule has 3 amide bonds. The van der Waals surface area contributed by atoms with Crippen LogP contribution in [0.15, 0.2) is 24.3 Å². The normalized spacial score (nSPS) is 19.6. The van der Waals surface area contributed by atoms with Crippen LogP contribution in [0.4, 0.5) is 10.5 Å². The van der Waals surface area contributed by atoms with E-state index < -0.39 is 11.7 Å². The number of benzene rings is 1. The highest BCUT2D eigenvalue weighted by Gasteiger charge is 2.37. The molecule has 0 bridgehead atoms. The van der Waals surface area contributed by atoms with Crippen LogP contribution in [-0.4, -0.2) is 59.0 Å². The van der Waals surface area contributed by atoms with Crippen LogP contribution in [-0.2, 0) is 9.53 Å². The molecule has 1 atom stereocenters. The zero-order valence-corrected chi connectivity index (χ0v) is 16.9. The Labute approximate surface area is 166 Å². The number of hydrogen-bond donors (Lipinski definition) is 1. The fraction of sp³-hybridized carbons (Fsp3) is 0.571. The Morgan fingerprint density at radius 1 is 1.07 bits per heavy atom. The lowest BCUT2D eigenvalue weighted by atomic mass is 10.1. The van der Waals surface area contributed by atoms with E-state index in [9.17, 15) is 14.4 Å². The highest BCUT2D eigenvalue weighted by molar-refractivity contribution is 5.99. The van der Waals surface area contributed by atoms with Crippen molar-refractivity contribution >= 4 is 23.6 Å². The quantitative estimate of drug-likeness (QED) is 0.863. The van der Waals surface area contributed by atoms with Gasteiger partial charge in [-0.1, -0.05) is 6.07 Å². The van der Waals surface area contributed by atoms with Gasteiger partial charge in [-0.3, -0.25) is 14.9 Å². The van der Waals surface area contributed by atoms with Gasteiger partial charge < -0.3 is 14.5 Å². The van der Waals surface area contributed by atoms with Gasteiger partial charge in [0.2, 0.25) is 5.91 Å². The second-order valence-electron chi connectivity index (χ2n) is 8.40. The molecule has 0 spiro atoms. The molecule has 3 rings (SSSR count). The molecule has 1 N–H and O–H groups in total.